The monoisotopic (exact) mass is 353 g/mol. The SMILES string of the molecule is CCOc1ccc(Cl)cc1S(=O)(=O)Nc1c(C)cc(C)cc1C. The van der Waals surface area contributed by atoms with Gasteiger partial charge in [0.1, 0.15) is 10.6 Å². The number of rotatable bonds is 5. The lowest BCUT2D eigenvalue weighted by molar-refractivity contribution is 0.331. The molecule has 0 radical (unpaired) electrons. The Hall–Kier alpha value is -1.72. The highest BCUT2D eigenvalue weighted by Gasteiger charge is 2.22. The van der Waals surface area contributed by atoms with Gasteiger partial charge in [0, 0.05) is 5.02 Å². The van der Waals surface area contributed by atoms with Crippen LogP contribution in [0.3, 0.4) is 0 Å². The zero-order valence-corrected chi connectivity index (χ0v) is 15.2. The molecule has 0 amide bonds. The van der Waals surface area contributed by atoms with Gasteiger partial charge < -0.3 is 4.74 Å². The van der Waals surface area contributed by atoms with Crippen LogP contribution in [0.15, 0.2) is 35.2 Å². The van der Waals surface area contributed by atoms with Crippen LogP contribution in [-0.2, 0) is 10.0 Å². The number of benzene rings is 2. The molecule has 0 spiro atoms. The summed E-state index contributed by atoms with van der Waals surface area (Å²) in [5, 5.41) is 0.339. The average molecular weight is 354 g/mol. The number of nitrogens with one attached hydrogen (secondary N) is 1. The lowest BCUT2D eigenvalue weighted by atomic mass is 10.1. The van der Waals surface area contributed by atoms with Crippen molar-refractivity contribution in [1.29, 1.82) is 0 Å². The van der Waals surface area contributed by atoms with Crippen molar-refractivity contribution >= 4 is 27.3 Å². The predicted molar refractivity (Wildman–Crippen MR) is 94.1 cm³/mol. The van der Waals surface area contributed by atoms with Gasteiger partial charge in [0.15, 0.2) is 0 Å². The molecule has 0 unspecified atom stereocenters. The molecule has 0 aliphatic rings. The molecule has 23 heavy (non-hydrogen) atoms. The van der Waals surface area contributed by atoms with Crippen molar-refractivity contribution in [3.63, 3.8) is 0 Å². The molecule has 0 saturated heterocycles. The molecule has 1 N–H and O–H groups in total. The smallest absolute Gasteiger partial charge is 0.265 e. The highest BCUT2D eigenvalue weighted by atomic mass is 35.5. The Balaban J connectivity index is 2.50. The second-order valence-corrected chi connectivity index (χ2v) is 7.49. The molecule has 0 saturated carbocycles. The molecule has 0 atom stereocenters. The molecular weight excluding hydrogens is 334 g/mol. The summed E-state index contributed by atoms with van der Waals surface area (Å²) >= 11 is 5.96. The van der Waals surface area contributed by atoms with E-state index in [2.05, 4.69) is 4.72 Å². The van der Waals surface area contributed by atoms with Gasteiger partial charge in [0.25, 0.3) is 10.0 Å². The van der Waals surface area contributed by atoms with Crippen LogP contribution in [0.2, 0.25) is 5.02 Å². The van der Waals surface area contributed by atoms with Gasteiger partial charge in [0.2, 0.25) is 0 Å². The lowest BCUT2D eigenvalue weighted by Crippen LogP contribution is -2.16. The maximum Gasteiger partial charge on any atom is 0.265 e. The van der Waals surface area contributed by atoms with Gasteiger partial charge >= 0.3 is 0 Å². The summed E-state index contributed by atoms with van der Waals surface area (Å²) < 4.78 is 33.7. The van der Waals surface area contributed by atoms with Gasteiger partial charge in [-0.1, -0.05) is 29.3 Å². The van der Waals surface area contributed by atoms with Crippen molar-refractivity contribution in [2.75, 3.05) is 11.3 Å². The third kappa shape index (κ3) is 3.98. The number of anilines is 1. The minimum atomic E-state index is -3.81. The summed E-state index contributed by atoms with van der Waals surface area (Å²) in [6.07, 6.45) is 0. The molecule has 0 heterocycles. The molecule has 0 aliphatic heterocycles. The van der Waals surface area contributed by atoms with E-state index in [1.807, 2.05) is 32.9 Å². The molecule has 2 rings (SSSR count). The standard InChI is InChI=1S/C17H20ClNO3S/c1-5-22-15-7-6-14(18)10-16(15)23(20,21)19-17-12(3)8-11(2)9-13(17)4/h6-10,19H,5H2,1-4H3. The van der Waals surface area contributed by atoms with Gasteiger partial charge in [-0.05, 0) is 57.0 Å². The van der Waals surface area contributed by atoms with Crippen LogP contribution in [0, 0.1) is 20.8 Å². The van der Waals surface area contributed by atoms with Crippen LogP contribution < -0.4 is 9.46 Å². The summed E-state index contributed by atoms with van der Waals surface area (Å²) in [7, 11) is -3.81. The van der Waals surface area contributed by atoms with Gasteiger partial charge in [-0.25, -0.2) is 8.42 Å². The molecule has 0 aliphatic carbocycles. The maximum atomic E-state index is 12.8. The molecule has 2 aromatic rings. The molecule has 2 aromatic carbocycles. The second kappa shape index (κ2) is 6.81. The van der Waals surface area contributed by atoms with Crippen molar-refractivity contribution in [2.45, 2.75) is 32.6 Å². The highest BCUT2D eigenvalue weighted by molar-refractivity contribution is 7.92. The molecule has 6 heteroatoms. The fourth-order valence-corrected chi connectivity index (χ4v) is 4.11. The van der Waals surface area contributed by atoms with Crippen molar-refractivity contribution in [3.05, 3.63) is 52.0 Å². The van der Waals surface area contributed by atoms with Crippen LogP contribution in [0.5, 0.6) is 5.75 Å². The Morgan fingerprint density at radius 2 is 1.70 bits per heavy atom. The van der Waals surface area contributed by atoms with E-state index >= 15 is 0 Å². The molecule has 0 bridgehead atoms. The third-order valence-corrected chi connectivity index (χ3v) is 5.01. The van der Waals surface area contributed by atoms with Crippen LogP contribution in [0.1, 0.15) is 23.6 Å². The number of ether oxygens (including phenoxy) is 1. The Kier molecular flexibility index (Phi) is 5.22. The van der Waals surface area contributed by atoms with Gasteiger partial charge in [-0.3, -0.25) is 4.72 Å². The van der Waals surface area contributed by atoms with E-state index in [9.17, 15) is 8.42 Å². The first kappa shape index (κ1) is 17.6. The van der Waals surface area contributed by atoms with E-state index in [1.165, 1.54) is 6.07 Å². The zero-order chi connectivity index (χ0) is 17.2. The minimum absolute atomic E-state index is 0.0335. The summed E-state index contributed by atoms with van der Waals surface area (Å²) in [6.45, 7) is 7.89. The van der Waals surface area contributed by atoms with Crippen molar-refractivity contribution in [3.8, 4) is 5.75 Å². The number of halogens is 1. The largest absolute Gasteiger partial charge is 0.492 e. The van der Waals surface area contributed by atoms with E-state index in [0.29, 0.717) is 17.3 Å². The fourth-order valence-electron chi connectivity index (χ4n) is 2.50. The van der Waals surface area contributed by atoms with Crippen LogP contribution in [-0.4, -0.2) is 15.0 Å². The Morgan fingerprint density at radius 1 is 1.09 bits per heavy atom. The topological polar surface area (TPSA) is 55.4 Å². The number of sulfonamides is 1. The third-order valence-electron chi connectivity index (χ3n) is 3.41. The van der Waals surface area contributed by atoms with Crippen LogP contribution in [0.4, 0.5) is 5.69 Å². The second-order valence-electron chi connectivity index (χ2n) is 5.40. The normalized spacial score (nSPS) is 11.3. The lowest BCUT2D eigenvalue weighted by Gasteiger charge is -2.16. The Bertz CT molecular complexity index is 809. The fraction of sp³-hybridized carbons (Fsp3) is 0.294. The maximum absolute atomic E-state index is 12.8. The van der Waals surface area contributed by atoms with Crippen LogP contribution in [0.25, 0.3) is 0 Å². The summed E-state index contributed by atoms with van der Waals surface area (Å²) in [4.78, 5) is 0.0335. The van der Waals surface area contributed by atoms with Gasteiger partial charge in [-0.2, -0.15) is 0 Å². The average Bonchev–Trinajstić information content (AvgIpc) is 2.45. The van der Waals surface area contributed by atoms with Crippen LogP contribution >= 0.6 is 11.6 Å². The van der Waals surface area contributed by atoms with E-state index in [4.69, 9.17) is 16.3 Å². The van der Waals surface area contributed by atoms with E-state index in [-0.39, 0.29) is 10.6 Å². The minimum Gasteiger partial charge on any atom is -0.492 e. The number of hydrogen-bond acceptors (Lipinski definition) is 3. The first-order valence-corrected chi connectivity index (χ1v) is 9.13. The quantitative estimate of drug-likeness (QED) is 0.863. The first-order chi connectivity index (χ1) is 10.7. The Labute approximate surface area is 142 Å². The van der Waals surface area contributed by atoms with Gasteiger partial charge in [0.05, 0.1) is 12.3 Å². The summed E-state index contributed by atoms with van der Waals surface area (Å²) in [6, 6.07) is 8.44. The predicted octanol–water partition coefficient (Wildman–Crippen LogP) is 4.46. The highest BCUT2D eigenvalue weighted by Crippen LogP contribution is 2.31. The van der Waals surface area contributed by atoms with E-state index in [1.54, 1.807) is 19.1 Å². The number of aryl methyl sites for hydroxylation is 3. The van der Waals surface area contributed by atoms with Crippen molar-refractivity contribution in [1.82, 2.24) is 0 Å². The van der Waals surface area contributed by atoms with E-state index in [0.717, 1.165) is 16.7 Å². The molecule has 4 nitrogen and oxygen atoms in total. The molecule has 0 aromatic heterocycles. The Morgan fingerprint density at radius 3 is 2.26 bits per heavy atom. The first-order valence-electron chi connectivity index (χ1n) is 7.27. The van der Waals surface area contributed by atoms with Gasteiger partial charge in [-0.15, -0.1) is 0 Å². The summed E-state index contributed by atoms with van der Waals surface area (Å²) in [5.74, 6) is 0.284. The number of hydrogen-bond donors (Lipinski definition) is 1. The molecular formula is C17H20ClNO3S. The zero-order valence-electron chi connectivity index (χ0n) is 13.6. The van der Waals surface area contributed by atoms with E-state index < -0.39 is 10.0 Å². The van der Waals surface area contributed by atoms with Crippen molar-refractivity contribution in [2.24, 2.45) is 0 Å². The molecule has 0 fully saturated rings. The molecule has 124 valence electrons. The van der Waals surface area contributed by atoms with Crippen molar-refractivity contribution < 1.29 is 13.2 Å². The summed E-state index contributed by atoms with van der Waals surface area (Å²) in [5.41, 5.74) is 3.40.